The fraction of sp³-hybridized carbons (Fsp3) is 0.500. The van der Waals surface area contributed by atoms with Crippen LogP contribution in [-0.4, -0.2) is 20.3 Å². The van der Waals surface area contributed by atoms with Crippen LogP contribution in [-0.2, 0) is 4.74 Å². The van der Waals surface area contributed by atoms with Gasteiger partial charge >= 0.3 is 0 Å². The van der Waals surface area contributed by atoms with Crippen molar-refractivity contribution < 1.29 is 4.74 Å². The van der Waals surface area contributed by atoms with Gasteiger partial charge in [-0.25, -0.2) is 0 Å². The van der Waals surface area contributed by atoms with E-state index in [1.807, 2.05) is 19.1 Å². The molecule has 2 nitrogen and oxygen atoms in total. The number of nitrogens with one attached hydrogen (secondary N) is 1. The second kappa shape index (κ2) is 7.00. The van der Waals surface area contributed by atoms with E-state index < -0.39 is 0 Å². The summed E-state index contributed by atoms with van der Waals surface area (Å²) in [5.74, 6) is 0. The lowest BCUT2D eigenvalue weighted by Gasteiger charge is -2.10. The molecule has 0 saturated carbocycles. The number of hydrogen-bond donors (Lipinski definition) is 1. The van der Waals surface area contributed by atoms with Crippen LogP contribution in [0.25, 0.3) is 0 Å². The first-order chi connectivity index (χ1) is 7.65. The topological polar surface area (TPSA) is 21.3 Å². The highest BCUT2D eigenvalue weighted by molar-refractivity contribution is 6.35. The third-order valence-corrected chi connectivity index (χ3v) is 3.06. The molecule has 0 saturated heterocycles. The van der Waals surface area contributed by atoms with E-state index in [9.17, 15) is 0 Å². The number of anilines is 1. The van der Waals surface area contributed by atoms with Crippen LogP contribution >= 0.6 is 23.2 Å². The van der Waals surface area contributed by atoms with Crippen molar-refractivity contribution in [1.29, 1.82) is 0 Å². The normalized spacial score (nSPS) is 10.5. The van der Waals surface area contributed by atoms with Crippen molar-refractivity contribution in [3.63, 3.8) is 0 Å². The highest BCUT2D eigenvalue weighted by atomic mass is 35.5. The number of benzene rings is 1. The molecule has 16 heavy (non-hydrogen) atoms. The molecule has 4 heteroatoms. The van der Waals surface area contributed by atoms with Crippen LogP contribution in [0.5, 0.6) is 0 Å². The summed E-state index contributed by atoms with van der Waals surface area (Å²) in [7, 11) is 1.71. The molecule has 1 aromatic rings. The molecule has 1 N–H and O–H groups in total. The van der Waals surface area contributed by atoms with E-state index in [2.05, 4.69) is 5.32 Å². The maximum atomic E-state index is 6.10. The van der Waals surface area contributed by atoms with Crippen LogP contribution in [0.3, 0.4) is 0 Å². The van der Waals surface area contributed by atoms with Gasteiger partial charge in [0.15, 0.2) is 0 Å². The first-order valence-corrected chi connectivity index (χ1v) is 6.09. The van der Waals surface area contributed by atoms with E-state index in [0.717, 1.165) is 42.3 Å². The Kier molecular flexibility index (Phi) is 5.96. The Morgan fingerprint density at radius 3 is 2.62 bits per heavy atom. The summed E-state index contributed by atoms with van der Waals surface area (Å²) in [4.78, 5) is 0. The van der Waals surface area contributed by atoms with E-state index in [-0.39, 0.29) is 0 Å². The second-order valence-electron chi connectivity index (χ2n) is 3.71. The largest absolute Gasteiger partial charge is 0.385 e. The van der Waals surface area contributed by atoms with Crippen LogP contribution in [0.2, 0.25) is 10.0 Å². The van der Waals surface area contributed by atoms with Crippen molar-refractivity contribution >= 4 is 28.9 Å². The molecule has 0 aliphatic carbocycles. The molecule has 0 fully saturated rings. The molecule has 0 unspecified atom stereocenters. The molecule has 0 atom stereocenters. The van der Waals surface area contributed by atoms with Gasteiger partial charge in [0.05, 0.1) is 10.7 Å². The number of hydrogen-bond acceptors (Lipinski definition) is 2. The number of aryl methyl sites for hydroxylation is 1. The molecule has 0 heterocycles. The molecule has 1 aromatic carbocycles. The quantitative estimate of drug-likeness (QED) is 0.778. The molecule has 0 bridgehead atoms. The second-order valence-corrected chi connectivity index (χ2v) is 4.52. The Balaban J connectivity index is 2.45. The van der Waals surface area contributed by atoms with Gasteiger partial charge in [-0.3, -0.25) is 0 Å². The zero-order valence-electron chi connectivity index (χ0n) is 9.65. The van der Waals surface area contributed by atoms with Crippen LogP contribution in [0.4, 0.5) is 5.69 Å². The summed E-state index contributed by atoms with van der Waals surface area (Å²) in [6, 6.07) is 3.75. The maximum Gasteiger partial charge on any atom is 0.0641 e. The Labute approximate surface area is 107 Å². The predicted octanol–water partition coefficient (Wildman–Crippen LogP) is 4.14. The Hall–Kier alpha value is -0.440. The predicted molar refractivity (Wildman–Crippen MR) is 70.8 cm³/mol. The third kappa shape index (κ3) is 4.20. The first kappa shape index (κ1) is 13.6. The van der Waals surface area contributed by atoms with E-state index >= 15 is 0 Å². The maximum absolute atomic E-state index is 6.10. The van der Waals surface area contributed by atoms with Gasteiger partial charge in [-0.15, -0.1) is 0 Å². The lowest BCUT2D eigenvalue weighted by atomic mass is 10.2. The SMILES string of the molecule is COCCCCNc1cc(Cl)c(C)cc1Cl. The van der Waals surface area contributed by atoms with Gasteiger partial charge in [-0.05, 0) is 37.5 Å². The standard InChI is InChI=1S/C12H17Cl2NO/c1-9-7-11(14)12(8-10(9)13)15-5-3-4-6-16-2/h7-8,15H,3-6H2,1-2H3. The summed E-state index contributed by atoms with van der Waals surface area (Å²) in [6.07, 6.45) is 2.09. The van der Waals surface area contributed by atoms with Gasteiger partial charge < -0.3 is 10.1 Å². The molecule has 0 amide bonds. The minimum Gasteiger partial charge on any atom is -0.385 e. The van der Waals surface area contributed by atoms with Crippen LogP contribution < -0.4 is 5.32 Å². The van der Waals surface area contributed by atoms with Crippen molar-refractivity contribution in [1.82, 2.24) is 0 Å². The lowest BCUT2D eigenvalue weighted by molar-refractivity contribution is 0.194. The molecular weight excluding hydrogens is 245 g/mol. The number of unbranched alkanes of at least 4 members (excludes halogenated alkanes) is 1. The van der Waals surface area contributed by atoms with Crippen molar-refractivity contribution in [2.45, 2.75) is 19.8 Å². The number of methoxy groups -OCH3 is 1. The van der Waals surface area contributed by atoms with E-state index in [1.54, 1.807) is 7.11 Å². The highest BCUT2D eigenvalue weighted by Crippen LogP contribution is 2.28. The van der Waals surface area contributed by atoms with Crippen molar-refractivity contribution in [3.8, 4) is 0 Å². The van der Waals surface area contributed by atoms with Crippen LogP contribution in [0, 0.1) is 6.92 Å². The molecule has 0 aliphatic rings. The monoisotopic (exact) mass is 261 g/mol. The summed E-state index contributed by atoms with van der Waals surface area (Å²) in [5, 5.41) is 4.72. The van der Waals surface area contributed by atoms with Crippen molar-refractivity contribution in [2.75, 3.05) is 25.6 Å². The summed E-state index contributed by atoms with van der Waals surface area (Å²) in [6.45, 7) is 3.61. The van der Waals surface area contributed by atoms with E-state index in [1.165, 1.54) is 0 Å². The average molecular weight is 262 g/mol. The fourth-order valence-corrected chi connectivity index (χ4v) is 1.82. The Morgan fingerprint density at radius 2 is 1.94 bits per heavy atom. The number of ether oxygens (including phenoxy) is 1. The Bertz CT molecular complexity index is 342. The zero-order chi connectivity index (χ0) is 12.0. The van der Waals surface area contributed by atoms with Crippen molar-refractivity contribution in [2.24, 2.45) is 0 Å². The van der Waals surface area contributed by atoms with Gasteiger partial charge in [0.1, 0.15) is 0 Å². The van der Waals surface area contributed by atoms with Gasteiger partial charge in [0, 0.05) is 25.3 Å². The first-order valence-electron chi connectivity index (χ1n) is 5.33. The van der Waals surface area contributed by atoms with Gasteiger partial charge in [0.2, 0.25) is 0 Å². The zero-order valence-corrected chi connectivity index (χ0v) is 11.2. The van der Waals surface area contributed by atoms with Crippen LogP contribution in [0.1, 0.15) is 18.4 Å². The van der Waals surface area contributed by atoms with E-state index in [0.29, 0.717) is 5.02 Å². The van der Waals surface area contributed by atoms with Gasteiger partial charge in [-0.2, -0.15) is 0 Å². The molecule has 90 valence electrons. The number of halogens is 2. The average Bonchev–Trinajstić information content (AvgIpc) is 2.25. The highest BCUT2D eigenvalue weighted by Gasteiger charge is 2.03. The number of rotatable bonds is 6. The molecule has 0 aliphatic heterocycles. The minimum atomic E-state index is 0.716. The van der Waals surface area contributed by atoms with Crippen LogP contribution in [0.15, 0.2) is 12.1 Å². The molecule has 1 rings (SSSR count). The van der Waals surface area contributed by atoms with Gasteiger partial charge in [-0.1, -0.05) is 23.2 Å². The summed E-state index contributed by atoms with van der Waals surface area (Å²) < 4.78 is 4.98. The van der Waals surface area contributed by atoms with Gasteiger partial charge in [0.25, 0.3) is 0 Å². The smallest absolute Gasteiger partial charge is 0.0641 e. The fourth-order valence-electron chi connectivity index (χ4n) is 1.38. The molecular formula is C12H17Cl2NO. The minimum absolute atomic E-state index is 0.716. The van der Waals surface area contributed by atoms with E-state index in [4.69, 9.17) is 27.9 Å². The summed E-state index contributed by atoms with van der Waals surface area (Å²) in [5.41, 5.74) is 1.89. The van der Waals surface area contributed by atoms with Crippen molar-refractivity contribution in [3.05, 3.63) is 27.7 Å². The summed E-state index contributed by atoms with van der Waals surface area (Å²) >= 11 is 12.1. The molecule has 0 aromatic heterocycles. The lowest BCUT2D eigenvalue weighted by Crippen LogP contribution is -2.03. The third-order valence-electron chi connectivity index (χ3n) is 2.34. The molecule has 0 spiro atoms. The Morgan fingerprint density at radius 1 is 1.19 bits per heavy atom. The molecule has 0 radical (unpaired) electrons.